The van der Waals surface area contributed by atoms with Crippen LogP contribution < -0.4 is 10.2 Å². The molecule has 5 heteroatoms. The van der Waals surface area contributed by atoms with Crippen molar-refractivity contribution in [2.45, 2.75) is 39.8 Å². The number of ether oxygens (including phenoxy) is 1. The molecule has 2 aromatic rings. The molecular formula is C18H21N3O2. The van der Waals surface area contributed by atoms with Crippen molar-refractivity contribution in [2.24, 2.45) is 5.10 Å². The average Bonchev–Trinajstić information content (AvgIpc) is 3.13. The first-order valence-electron chi connectivity index (χ1n) is 7.81. The zero-order valence-corrected chi connectivity index (χ0v) is 13.7. The van der Waals surface area contributed by atoms with Crippen molar-refractivity contribution in [1.82, 2.24) is 9.99 Å². The van der Waals surface area contributed by atoms with Gasteiger partial charge in [-0.1, -0.05) is 12.1 Å². The van der Waals surface area contributed by atoms with Crippen LogP contribution in [-0.2, 0) is 11.3 Å². The monoisotopic (exact) mass is 311 g/mol. The second-order valence-corrected chi connectivity index (χ2v) is 5.83. The summed E-state index contributed by atoms with van der Waals surface area (Å²) in [4.78, 5) is 12.2. The Balaban J connectivity index is 1.64. The van der Waals surface area contributed by atoms with Gasteiger partial charge < -0.3 is 9.30 Å². The van der Waals surface area contributed by atoms with E-state index in [4.69, 9.17) is 4.74 Å². The van der Waals surface area contributed by atoms with Crippen LogP contribution in [0.25, 0.3) is 0 Å². The number of carbonyl (C=O) groups excluding carboxylic acids is 1. The number of rotatable bonds is 4. The van der Waals surface area contributed by atoms with Gasteiger partial charge in [0.1, 0.15) is 5.75 Å². The zero-order valence-electron chi connectivity index (χ0n) is 13.7. The lowest BCUT2D eigenvalue weighted by molar-refractivity contribution is -0.127. The summed E-state index contributed by atoms with van der Waals surface area (Å²) in [7, 11) is 0. The molecule has 1 aromatic heterocycles. The highest BCUT2D eigenvalue weighted by atomic mass is 16.5. The van der Waals surface area contributed by atoms with Crippen molar-refractivity contribution >= 4 is 11.6 Å². The number of hydrogen-bond donors (Lipinski definition) is 1. The number of hydrazone groups is 1. The van der Waals surface area contributed by atoms with E-state index in [1.54, 1.807) is 6.92 Å². The molecule has 0 radical (unpaired) electrons. The number of hydrogen-bond acceptors (Lipinski definition) is 3. The number of aromatic nitrogens is 1. The maximum Gasteiger partial charge on any atom is 0.280 e. The molecule has 1 unspecified atom stereocenters. The third-order valence-electron chi connectivity index (χ3n) is 4.24. The van der Waals surface area contributed by atoms with Crippen molar-refractivity contribution in [1.29, 1.82) is 0 Å². The van der Waals surface area contributed by atoms with Gasteiger partial charge in [-0.3, -0.25) is 4.79 Å². The molecule has 1 aliphatic rings. The lowest BCUT2D eigenvalue weighted by atomic mass is 10.1. The van der Waals surface area contributed by atoms with Gasteiger partial charge in [-0.2, -0.15) is 5.10 Å². The summed E-state index contributed by atoms with van der Waals surface area (Å²) in [5.41, 5.74) is 6.78. The van der Waals surface area contributed by atoms with Gasteiger partial charge in [-0.15, -0.1) is 0 Å². The summed E-state index contributed by atoms with van der Waals surface area (Å²) < 4.78 is 7.90. The Morgan fingerprint density at radius 1 is 1.30 bits per heavy atom. The van der Waals surface area contributed by atoms with Crippen molar-refractivity contribution in [2.75, 3.05) is 0 Å². The smallest absolute Gasteiger partial charge is 0.280 e. The molecule has 5 nitrogen and oxygen atoms in total. The Hall–Kier alpha value is -2.56. The van der Waals surface area contributed by atoms with Crippen LogP contribution in [0.1, 0.15) is 30.2 Å². The van der Waals surface area contributed by atoms with Crippen LogP contribution in [0, 0.1) is 13.8 Å². The van der Waals surface area contributed by atoms with Gasteiger partial charge in [0, 0.05) is 19.2 Å². The second-order valence-electron chi connectivity index (χ2n) is 5.83. The first-order chi connectivity index (χ1) is 11.1. The molecule has 0 bridgehead atoms. The van der Waals surface area contributed by atoms with E-state index in [9.17, 15) is 4.79 Å². The SMILES string of the molecule is Cc1cccc(OC(C)C(=O)N/N=C2/CCn3cccc32)c1C. The molecular weight excluding hydrogens is 290 g/mol. The minimum Gasteiger partial charge on any atom is -0.481 e. The van der Waals surface area contributed by atoms with E-state index < -0.39 is 6.10 Å². The van der Waals surface area contributed by atoms with E-state index in [0.29, 0.717) is 0 Å². The lowest BCUT2D eigenvalue weighted by Crippen LogP contribution is -2.34. The van der Waals surface area contributed by atoms with Gasteiger partial charge in [0.05, 0.1) is 11.4 Å². The van der Waals surface area contributed by atoms with Crippen molar-refractivity contribution in [3.05, 3.63) is 53.3 Å². The Kier molecular flexibility index (Phi) is 4.19. The van der Waals surface area contributed by atoms with Crippen LogP contribution in [0.5, 0.6) is 5.75 Å². The molecule has 0 saturated carbocycles. The van der Waals surface area contributed by atoms with Crippen LogP contribution >= 0.6 is 0 Å². The van der Waals surface area contributed by atoms with Gasteiger partial charge in [0.15, 0.2) is 6.10 Å². The molecule has 1 atom stereocenters. The Labute approximate surface area is 136 Å². The van der Waals surface area contributed by atoms with Crippen LogP contribution in [-0.4, -0.2) is 22.3 Å². The predicted molar refractivity (Wildman–Crippen MR) is 89.7 cm³/mol. The molecule has 1 amide bonds. The minimum absolute atomic E-state index is 0.247. The number of aryl methyl sites for hydroxylation is 2. The number of carbonyl (C=O) groups is 1. The highest BCUT2D eigenvalue weighted by molar-refractivity contribution is 6.01. The third kappa shape index (κ3) is 3.13. The van der Waals surface area contributed by atoms with Crippen LogP contribution in [0.4, 0.5) is 0 Å². The fourth-order valence-electron chi connectivity index (χ4n) is 2.65. The third-order valence-corrected chi connectivity index (χ3v) is 4.24. The summed E-state index contributed by atoms with van der Waals surface area (Å²) in [5, 5.41) is 4.26. The molecule has 0 saturated heterocycles. The molecule has 1 aliphatic heterocycles. The van der Waals surface area contributed by atoms with E-state index in [0.717, 1.165) is 41.2 Å². The normalized spacial score (nSPS) is 16.2. The fourth-order valence-corrected chi connectivity index (χ4v) is 2.65. The number of nitrogens with one attached hydrogen (secondary N) is 1. The summed E-state index contributed by atoms with van der Waals surface area (Å²) in [5.74, 6) is 0.485. The molecule has 0 spiro atoms. The van der Waals surface area contributed by atoms with Crippen LogP contribution in [0.15, 0.2) is 41.6 Å². The highest BCUT2D eigenvalue weighted by Crippen LogP contribution is 2.21. The predicted octanol–water partition coefficient (Wildman–Crippen LogP) is 2.80. The second kappa shape index (κ2) is 6.28. The Morgan fingerprint density at radius 2 is 2.13 bits per heavy atom. The number of benzene rings is 1. The van der Waals surface area contributed by atoms with Gasteiger partial charge in [0.2, 0.25) is 0 Å². The summed E-state index contributed by atoms with van der Waals surface area (Å²) in [6.45, 7) is 6.65. The van der Waals surface area contributed by atoms with E-state index in [1.165, 1.54) is 0 Å². The van der Waals surface area contributed by atoms with E-state index in [1.807, 2.05) is 50.4 Å². The topological polar surface area (TPSA) is 55.6 Å². The number of amides is 1. The molecule has 1 aromatic carbocycles. The van der Waals surface area contributed by atoms with Crippen LogP contribution in [0.2, 0.25) is 0 Å². The largest absolute Gasteiger partial charge is 0.481 e. The Morgan fingerprint density at radius 3 is 2.96 bits per heavy atom. The first-order valence-corrected chi connectivity index (χ1v) is 7.81. The van der Waals surface area contributed by atoms with Gasteiger partial charge in [-0.25, -0.2) is 5.43 Å². The summed E-state index contributed by atoms with van der Waals surface area (Å²) >= 11 is 0. The zero-order chi connectivity index (χ0) is 16.4. The van der Waals surface area contributed by atoms with E-state index >= 15 is 0 Å². The van der Waals surface area contributed by atoms with Crippen molar-refractivity contribution < 1.29 is 9.53 Å². The molecule has 23 heavy (non-hydrogen) atoms. The Bertz CT molecular complexity index is 761. The lowest BCUT2D eigenvalue weighted by Gasteiger charge is -2.16. The summed E-state index contributed by atoms with van der Waals surface area (Å²) in [6.07, 6.45) is 2.25. The number of fused-ring (bicyclic) bond motifs is 1. The maximum atomic E-state index is 12.2. The fraction of sp³-hybridized carbons (Fsp3) is 0.333. The van der Waals surface area contributed by atoms with Gasteiger partial charge in [0.25, 0.3) is 5.91 Å². The van der Waals surface area contributed by atoms with Crippen LogP contribution in [0.3, 0.4) is 0 Å². The van der Waals surface area contributed by atoms with E-state index in [2.05, 4.69) is 15.1 Å². The molecule has 3 rings (SSSR count). The highest BCUT2D eigenvalue weighted by Gasteiger charge is 2.19. The molecule has 120 valence electrons. The average molecular weight is 311 g/mol. The van der Waals surface area contributed by atoms with E-state index in [-0.39, 0.29) is 5.91 Å². The van der Waals surface area contributed by atoms with Crippen molar-refractivity contribution in [3.63, 3.8) is 0 Å². The molecule has 2 heterocycles. The van der Waals surface area contributed by atoms with Gasteiger partial charge in [-0.05, 0) is 50.1 Å². The standard InChI is InChI=1S/C18H21N3O2/c1-12-6-4-8-17(13(12)2)23-14(3)18(22)20-19-15-9-11-21-10-5-7-16(15)21/h4-8,10,14H,9,11H2,1-3H3,(H,20,22)/b19-15-. The minimum atomic E-state index is -0.604. The van der Waals surface area contributed by atoms with Crippen molar-refractivity contribution in [3.8, 4) is 5.75 Å². The molecule has 0 aliphatic carbocycles. The quantitative estimate of drug-likeness (QED) is 0.883. The first kappa shape index (κ1) is 15.3. The number of nitrogens with zero attached hydrogens (tertiary/aromatic N) is 2. The summed E-state index contributed by atoms with van der Waals surface area (Å²) in [6, 6.07) is 9.82. The molecule has 1 N–H and O–H groups in total. The van der Waals surface area contributed by atoms with Gasteiger partial charge >= 0.3 is 0 Å². The molecule has 0 fully saturated rings. The maximum absolute atomic E-state index is 12.2.